The van der Waals surface area contributed by atoms with E-state index >= 15 is 0 Å². The smallest absolute Gasteiger partial charge is 0.287 e. The quantitative estimate of drug-likeness (QED) is 0.403. The van der Waals surface area contributed by atoms with Crippen LogP contribution in [0.15, 0.2) is 24.8 Å². The first-order valence-electron chi connectivity index (χ1n) is 3.55. The van der Waals surface area contributed by atoms with Crippen LogP contribution < -0.4 is 0 Å². The molecule has 0 aromatic heterocycles. The Bertz CT molecular complexity index is 345. The van der Waals surface area contributed by atoms with Crippen LogP contribution in [0.4, 0.5) is 5.69 Å². The van der Waals surface area contributed by atoms with Crippen LogP contribution in [0, 0.1) is 10.1 Å². The third-order valence-corrected chi connectivity index (χ3v) is 1.63. The average molecular weight is 177 g/mol. The summed E-state index contributed by atoms with van der Waals surface area (Å²) in [4.78, 5) is 20.4. The molecule has 0 heterocycles. The van der Waals surface area contributed by atoms with Crippen LogP contribution in [0.25, 0.3) is 6.08 Å². The molecular weight excluding hydrogens is 170 g/mol. The van der Waals surface area contributed by atoms with Gasteiger partial charge in [0.2, 0.25) is 0 Å². The lowest BCUT2D eigenvalue weighted by atomic mass is 10.1. The molecule has 0 aliphatic carbocycles. The van der Waals surface area contributed by atoms with E-state index in [2.05, 4.69) is 6.58 Å². The van der Waals surface area contributed by atoms with Crippen molar-refractivity contribution >= 4 is 18.0 Å². The van der Waals surface area contributed by atoms with E-state index in [-0.39, 0.29) is 11.3 Å². The zero-order valence-corrected chi connectivity index (χ0v) is 6.77. The molecule has 0 spiro atoms. The molecule has 1 aromatic carbocycles. The van der Waals surface area contributed by atoms with Gasteiger partial charge in [-0.1, -0.05) is 18.7 Å². The number of nitrogens with zero attached hydrogens (tertiary/aromatic N) is 1. The third kappa shape index (κ3) is 1.61. The highest BCUT2D eigenvalue weighted by Crippen LogP contribution is 2.22. The van der Waals surface area contributed by atoms with Crippen LogP contribution in [0.5, 0.6) is 0 Å². The van der Waals surface area contributed by atoms with Gasteiger partial charge < -0.3 is 0 Å². The van der Waals surface area contributed by atoms with Gasteiger partial charge in [0.05, 0.1) is 16.1 Å². The number of carbonyl (C=O) groups is 1. The van der Waals surface area contributed by atoms with E-state index in [0.717, 1.165) is 0 Å². The third-order valence-electron chi connectivity index (χ3n) is 1.63. The number of nitro groups is 1. The Morgan fingerprint density at radius 2 is 2.00 bits per heavy atom. The van der Waals surface area contributed by atoms with Gasteiger partial charge in [0.25, 0.3) is 5.69 Å². The fourth-order valence-corrected chi connectivity index (χ4v) is 1.05. The lowest BCUT2D eigenvalue weighted by molar-refractivity contribution is -0.385. The molecule has 4 heteroatoms. The van der Waals surface area contributed by atoms with Crippen molar-refractivity contribution in [2.45, 2.75) is 0 Å². The Kier molecular flexibility index (Phi) is 2.54. The first kappa shape index (κ1) is 9.12. The maximum absolute atomic E-state index is 10.6. The summed E-state index contributed by atoms with van der Waals surface area (Å²) in [6.07, 6.45) is 1.82. The molecule has 0 saturated heterocycles. The molecule has 0 radical (unpaired) electrons. The number of hydrogen-bond donors (Lipinski definition) is 0. The summed E-state index contributed by atoms with van der Waals surface area (Å²) >= 11 is 0. The Morgan fingerprint density at radius 1 is 1.38 bits per heavy atom. The summed E-state index contributed by atoms with van der Waals surface area (Å²) in [5, 5.41) is 10.6. The van der Waals surface area contributed by atoms with Crippen LogP contribution in [-0.2, 0) is 0 Å². The number of benzene rings is 1. The maximum Gasteiger partial charge on any atom is 0.287 e. The van der Waals surface area contributed by atoms with Gasteiger partial charge >= 0.3 is 0 Å². The Morgan fingerprint density at radius 3 is 2.46 bits per heavy atom. The fraction of sp³-hybridized carbons (Fsp3) is 0. The van der Waals surface area contributed by atoms with Crippen molar-refractivity contribution < 1.29 is 9.72 Å². The van der Waals surface area contributed by atoms with Crippen molar-refractivity contribution in [3.63, 3.8) is 0 Å². The highest BCUT2D eigenvalue weighted by Gasteiger charge is 2.16. The second-order valence-corrected chi connectivity index (χ2v) is 2.36. The normalized spacial score (nSPS) is 9.23. The number of aldehydes is 1. The van der Waals surface area contributed by atoms with Crippen LogP contribution in [-0.4, -0.2) is 11.2 Å². The van der Waals surface area contributed by atoms with Crippen LogP contribution in [0.3, 0.4) is 0 Å². The monoisotopic (exact) mass is 177 g/mol. The van der Waals surface area contributed by atoms with E-state index in [1.165, 1.54) is 18.2 Å². The molecule has 0 aliphatic heterocycles. The van der Waals surface area contributed by atoms with Crippen molar-refractivity contribution in [2.75, 3.05) is 0 Å². The lowest BCUT2D eigenvalue weighted by Gasteiger charge is -1.98. The second-order valence-electron chi connectivity index (χ2n) is 2.36. The zero-order valence-electron chi connectivity index (χ0n) is 6.77. The van der Waals surface area contributed by atoms with Gasteiger partial charge in [-0.3, -0.25) is 14.9 Å². The molecular formula is C9H7NO3. The minimum atomic E-state index is -0.583. The molecule has 0 saturated carbocycles. The van der Waals surface area contributed by atoms with Crippen molar-refractivity contribution in [3.05, 3.63) is 46.0 Å². The summed E-state index contributed by atoms with van der Waals surface area (Å²) in [5.74, 6) is 0. The molecule has 66 valence electrons. The Hall–Kier alpha value is -1.97. The summed E-state index contributed by atoms with van der Waals surface area (Å²) in [7, 11) is 0. The van der Waals surface area contributed by atoms with Crippen LogP contribution in [0.2, 0.25) is 0 Å². The van der Waals surface area contributed by atoms with E-state index < -0.39 is 4.92 Å². The molecule has 4 nitrogen and oxygen atoms in total. The molecule has 0 fully saturated rings. The van der Waals surface area contributed by atoms with E-state index in [9.17, 15) is 14.9 Å². The minimum Gasteiger partial charge on any atom is -0.298 e. The van der Waals surface area contributed by atoms with Crippen LogP contribution in [0.1, 0.15) is 15.9 Å². The van der Waals surface area contributed by atoms with Crippen molar-refractivity contribution in [1.82, 2.24) is 0 Å². The highest BCUT2D eigenvalue weighted by atomic mass is 16.6. The highest BCUT2D eigenvalue weighted by molar-refractivity contribution is 5.84. The molecule has 0 unspecified atom stereocenters. The molecule has 1 rings (SSSR count). The number of para-hydroxylation sites is 1. The summed E-state index contributed by atoms with van der Waals surface area (Å²) in [6, 6.07) is 4.52. The number of carbonyl (C=O) groups excluding carboxylic acids is 1. The van der Waals surface area contributed by atoms with Gasteiger partial charge in [-0.15, -0.1) is 0 Å². The Balaban J connectivity index is 3.46. The molecule has 0 amide bonds. The standard InChI is InChI=1S/C9H7NO3/c1-2-7-4-3-5-8(6-11)9(7)10(12)13/h2-6H,1H2. The van der Waals surface area contributed by atoms with Gasteiger partial charge in [-0.05, 0) is 12.1 Å². The number of hydrogen-bond acceptors (Lipinski definition) is 3. The van der Waals surface area contributed by atoms with Gasteiger partial charge in [-0.2, -0.15) is 0 Å². The molecule has 0 bridgehead atoms. The molecule has 1 aromatic rings. The summed E-state index contributed by atoms with van der Waals surface area (Å²) < 4.78 is 0. The largest absolute Gasteiger partial charge is 0.298 e. The molecule has 13 heavy (non-hydrogen) atoms. The summed E-state index contributed by atoms with van der Waals surface area (Å²) in [5.41, 5.74) is 0.240. The first-order chi connectivity index (χ1) is 6.20. The maximum atomic E-state index is 10.6. The SMILES string of the molecule is C=Cc1cccc(C=O)c1[N+](=O)[O-]. The van der Waals surface area contributed by atoms with Crippen molar-refractivity contribution in [1.29, 1.82) is 0 Å². The van der Waals surface area contributed by atoms with Gasteiger partial charge in [0, 0.05) is 0 Å². The average Bonchev–Trinajstić information content (AvgIpc) is 2.16. The van der Waals surface area contributed by atoms with E-state index in [1.807, 2.05) is 0 Å². The van der Waals surface area contributed by atoms with Crippen LogP contribution >= 0.6 is 0 Å². The molecule has 0 aliphatic rings. The Labute approximate surface area is 74.7 Å². The van der Waals surface area contributed by atoms with Gasteiger partial charge in [0.1, 0.15) is 0 Å². The number of rotatable bonds is 3. The van der Waals surface area contributed by atoms with Crippen molar-refractivity contribution in [2.24, 2.45) is 0 Å². The molecule has 0 N–H and O–H groups in total. The van der Waals surface area contributed by atoms with Gasteiger partial charge in [-0.25, -0.2) is 0 Å². The minimum absolute atomic E-state index is 0.0717. The lowest BCUT2D eigenvalue weighted by Crippen LogP contribution is -1.96. The van der Waals surface area contributed by atoms with E-state index in [1.54, 1.807) is 6.07 Å². The van der Waals surface area contributed by atoms with Crippen molar-refractivity contribution in [3.8, 4) is 0 Å². The first-order valence-corrected chi connectivity index (χ1v) is 3.55. The summed E-state index contributed by atoms with van der Waals surface area (Å²) in [6.45, 7) is 3.43. The number of nitro benzene ring substituents is 1. The molecule has 0 atom stereocenters. The zero-order chi connectivity index (χ0) is 9.84. The van der Waals surface area contributed by atoms with E-state index in [4.69, 9.17) is 0 Å². The second kappa shape index (κ2) is 3.62. The predicted molar refractivity (Wildman–Crippen MR) is 48.6 cm³/mol. The topological polar surface area (TPSA) is 60.2 Å². The predicted octanol–water partition coefficient (Wildman–Crippen LogP) is 2.05. The van der Waals surface area contributed by atoms with E-state index in [0.29, 0.717) is 11.8 Å². The van der Waals surface area contributed by atoms with Gasteiger partial charge in [0.15, 0.2) is 6.29 Å². The fourth-order valence-electron chi connectivity index (χ4n) is 1.05.